The van der Waals surface area contributed by atoms with E-state index in [1.165, 1.54) is 18.4 Å². The van der Waals surface area contributed by atoms with E-state index in [1.807, 2.05) is 12.1 Å². The highest BCUT2D eigenvalue weighted by Crippen LogP contribution is 2.27. The summed E-state index contributed by atoms with van der Waals surface area (Å²) in [6, 6.07) is 6.78. The molecule has 0 atom stereocenters. The Morgan fingerprint density at radius 2 is 1.75 bits per heavy atom. The van der Waals surface area contributed by atoms with Gasteiger partial charge in [-0.1, -0.05) is 18.2 Å². The van der Waals surface area contributed by atoms with Crippen LogP contribution in [0.1, 0.15) is 31.2 Å². The topological polar surface area (TPSA) is 34.1 Å². The zero-order chi connectivity index (χ0) is 11.6. The molecule has 2 nitrogen and oxygen atoms in total. The largest absolute Gasteiger partial charge is 0.261 e. The molecule has 1 aromatic carbocycles. The summed E-state index contributed by atoms with van der Waals surface area (Å²) < 4.78 is 22.1. The molecule has 86 valence electrons. The molecule has 0 bridgehead atoms. The Labute approximate surface area is 100 Å². The standard InChI is InChI=1S/C12H13ClO2S/c13-16(14,15)12-8-6-11(7-9-12)10-4-2-1-3-5-10/h4,6-9H,1-3,5H2. The molecule has 0 radical (unpaired) electrons. The third-order valence-electron chi connectivity index (χ3n) is 2.80. The third kappa shape index (κ3) is 2.66. The van der Waals surface area contributed by atoms with Crippen molar-refractivity contribution < 1.29 is 8.42 Å². The van der Waals surface area contributed by atoms with Gasteiger partial charge in [0.1, 0.15) is 0 Å². The van der Waals surface area contributed by atoms with Crippen LogP contribution in [0.5, 0.6) is 0 Å². The van der Waals surface area contributed by atoms with E-state index in [0.29, 0.717) is 0 Å². The van der Waals surface area contributed by atoms with Gasteiger partial charge in [-0.2, -0.15) is 0 Å². The Morgan fingerprint density at radius 1 is 1.06 bits per heavy atom. The second-order valence-corrected chi connectivity index (χ2v) is 6.50. The lowest BCUT2D eigenvalue weighted by molar-refractivity contribution is 0.609. The molecule has 0 aliphatic heterocycles. The maximum atomic E-state index is 11.1. The van der Waals surface area contributed by atoms with Gasteiger partial charge in [-0.15, -0.1) is 0 Å². The zero-order valence-electron chi connectivity index (χ0n) is 8.82. The maximum absolute atomic E-state index is 11.1. The molecular formula is C12H13ClO2S. The van der Waals surface area contributed by atoms with E-state index in [1.54, 1.807) is 12.1 Å². The van der Waals surface area contributed by atoms with Gasteiger partial charge in [0.15, 0.2) is 0 Å². The van der Waals surface area contributed by atoms with Crippen molar-refractivity contribution in [1.29, 1.82) is 0 Å². The van der Waals surface area contributed by atoms with Crippen LogP contribution in [0.15, 0.2) is 35.2 Å². The monoisotopic (exact) mass is 256 g/mol. The molecule has 16 heavy (non-hydrogen) atoms. The highest BCUT2D eigenvalue weighted by atomic mass is 35.7. The van der Waals surface area contributed by atoms with E-state index in [2.05, 4.69) is 6.08 Å². The van der Waals surface area contributed by atoms with E-state index < -0.39 is 9.05 Å². The minimum atomic E-state index is -3.60. The fourth-order valence-corrected chi connectivity index (χ4v) is 2.70. The Bertz CT molecular complexity index is 500. The van der Waals surface area contributed by atoms with Crippen molar-refractivity contribution in [3.05, 3.63) is 35.9 Å². The maximum Gasteiger partial charge on any atom is 0.261 e. The first kappa shape index (κ1) is 11.7. The van der Waals surface area contributed by atoms with Crippen LogP contribution >= 0.6 is 10.7 Å². The van der Waals surface area contributed by atoms with Crippen LogP contribution in [0.25, 0.3) is 5.57 Å². The molecule has 0 saturated carbocycles. The Hall–Kier alpha value is -0.800. The summed E-state index contributed by atoms with van der Waals surface area (Å²) in [6.07, 6.45) is 6.88. The van der Waals surface area contributed by atoms with Crippen LogP contribution in [-0.4, -0.2) is 8.42 Å². The molecule has 0 spiro atoms. The molecular weight excluding hydrogens is 244 g/mol. The lowest BCUT2D eigenvalue weighted by Crippen LogP contribution is -1.94. The van der Waals surface area contributed by atoms with Gasteiger partial charge in [-0.3, -0.25) is 0 Å². The molecule has 0 unspecified atom stereocenters. The van der Waals surface area contributed by atoms with Crippen molar-refractivity contribution in [2.24, 2.45) is 0 Å². The lowest BCUT2D eigenvalue weighted by atomic mass is 9.94. The summed E-state index contributed by atoms with van der Waals surface area (Å²) in [7, 11) is 1.66. The minimum Gasteiger partial charge on any atom is -0.207 e. The van der Waals surface area contributed by atoms with E-state index >= 15 is 0 Å². The number of rotatable bonds is 2. The normalized spacial score (nSPS) is 16.9. The second kappa shape index (κ2) is 4.60. The molecule has 0 fully saturated rings. The molecule has 0 aromatic heterocycles. The van der Waals surface area contributed by atoms with Crippen molar-refractivity contribution in [3.8, 4) is 0 Å². The fourth-order valence-electron chi connectivity index (χ4n) is 1.93. The number of hydrogen-bond acceptors (Lipinski definition) is 2. The van der Waals surface area contributed by atoms with Crippen molar-refractivity contribution in [2.75, 3.05) is 0 Å². The number of halogens is 1. The Balaban J connectivity index is 2.29. The molecule has 1 aromatic rings. The molecule has 4 heteroatoms. The van der Waals surface area contributed by atoms with Crippen molar-refractivity contribution in [3.63, 3.8) is 0 Å². The van der Waals surface area contributed by atoms with Gasteiger partial charge in [0.25, 0.3) is 9.05 Å². The van der Waals surface area contributed by atoms with Gasteiger partial charge < -0.3 is 0 Å². The third-order valence-corrected chi connectivity index (χ3v) is 4.17. The molecule has 1 aliphatic rings. The van der Waals surface area contributed by atoms with Crippen LogP contribution < -0.4 is 0 Å². The molecule has 1 aliphatic carbocycles. The molecule has 0 heterocycles. The van der Waals surface area contributed by atoms with Crippen LogP contribution in [0.4, 0.5) is 0 Å². The van der Waals surface area contributed by atoms with Gasteiger partial charge in [0.2, 0.25) is 0 Å². The van der Waals surface area contributed by atoms with Crippen LogP contribution in [0.2, 0.25) is 0 Å². The van der Waals surface area contributed by atoms with Crippen molar-refractivity contribution in [1.82, 2.24) is 0 Å². The first-order valence-corrected chi connectivity index (χ1v) is 7.62. The smallest absolute Gasteiger partial charge is 0.207 e. The van der Waals surface area contributed by atoms with Crippen LogP contribution in [0, 0.1) is 0 Å². The molecule has 0 amide bonds. The highest BCUT2D eigenvalue weighted by Gasteiger charge is 2.11. The number of hydrogen-bond donors (Lipinski definition) is 0. The predicted molar refractivity (Wildman–Crippen MR) is 65.9 cm³/mol. The van der Waals surface area contributed by atoms with Crippen molar-refractivity contribution >= 4 is 25.3 Å². The average Bonchev–Trinajstić information content (AvgIpc) is 2.29. The summed E-state index contributed by atoms with van der Waals surface area (Å²) in [5.74, 6) is 0. The summed E-state index contributed by atoms with van der Waals surface area (Å²) in [5, 5.41) is 0. The van der Waals surface area contributed by atoms with Crippen LogP contribution in [-0.2, 0) is 9.05 Å². The SMILES string of the molecule is O=S(=O)(Cl)c1ccc(C2=CCCCC2)cc1. The molecule has 0 saturated heterocycles. The van der Waals surface area contributed by atoms with E-state index in [0.717, 1.165) is 18.4 Å². The number of allylic oxidation sites excluding steroid dienone is 2. The average molecular weight is 257 g/mol. The first-order chi connectivity index (χ1) is 7.57. The van der Waals surface area contributed by atoms with Gasteiger partial charge in [-0.05, 0) is 49.0 Å². The Morgan fingerprint density at radius 3 is 2.25 bits per heavy atom. The second-order valence-electron chi connectivity index (χ2n) is 3.94. The molecule has 2 rings (SSSR count). The highest BCUT2D eigenvalue weighted by molar-refractivity contribution is 8.13. The Kier molecular flexibility index (Phi) is 3.36. The fraction of sp³-hybridized carbons (Fsp3) is 0.333. The van der Waals surface area contributed by atoms with Crippen molar-refractivity contribution in [2.45, 2.75) is 30.6 Å². The van der Waals surface area contributed by atoms with E-state index in [4.69, 9.17) is 10.7 Å². The summed E-state index contributed by atoms with van der Waals surface area (Å²) in [5.41, 5.74) is 2.41. The minimum absolute atomic E-state index is 0.161. The van der Waals surface area contributed by atoms with Gasteiger partial charge in [-0.25, -0.2) is 8.42 Å². The van der Waals surface area contributed by atoms with Gasteiger partial charge in [0.05, 0.1) is 4.90 Å². The predicted octanol–water partition coefficient (Wildman–Crippen LogP) is 3.57. The quantitative estimate of drug-likeness (QED) is 0.758. The molecule has 0 N–H and O–H groups in total. The van der Waals surface area contributed by atoms with Crippen LogP contribution in [0.3, 0.4) is 0 Å². The summed E-state index contributed by atoms with van der Waals surface area (Å²) in [4.78, 5) is 0.161. The lowest BCUT2D eigenvalue weighted by Gasteiger charge is -2.12. The summed E-state index contributed by atoms with van der Waals surface area (Å²) >= 11 is 0. The van der Waals surface area contributed by atoms with E-state index in [-0.39, 0.29) is 4.90 Å². The van der Waals surface area contributed by atoms with Gasteiger partial charge in [0, 0.05) is 10.7 Å². The van der Waals surface area contributed by atoms with Gasteiger partial charge >= 0.3 is 0 Å². The van der Waals surface area contributed by atoms with E-state index in [9.17, 15) is 8.42 Å². The zero-order valence-corrected chi connectivity index (χ0v) is 10.4. The number of benzene rings is 1. The summed E-state index contributed by atoms with van der Waals surface area (Å²) in [6.45, 7) is 0. The first-order valence-electron chi connectivity index (χ1n) is 5.31.